The van der Waals surface area contributed by atoms with E-state index in [9.17, 15) is 9.59 Å². The predicted octanol–water partition coefficient (Wildman–Crippen LogP) is 4.58. The summed E-state index contributed by atoms with van der Waals surface area (Å²) in [5.74, 6) is 2.22. The van der Waals surface area contributed by atoms with Gasteiger partial charge in [-0.05, 0) is 94.5 Å². The normalized spacial score (nSPS) is 44.0. The molecule has 172 valence electrons. The number of nitrogens with one attached hydrogen (secondary N) is 1. The van der Waals surface area contributed by atoms with Gasteiger partial charge in [0.2, 0.25) is 5.91 Å². The maximum atomic E-state index is 13.2. The SMILES string of the molecule is CC(C)NC(=O)N(C1CC1)[C@H]1CC[C@H]2[C@@H]3CC[C@H]4N(C)C(=O)C=C[C@]4(C)[C@H]3CC[C@]12C. The van der Waals surface area contributed by atoms with Crippen molar-refractivity contribution in [2.75, 3.05) is 7.05 Å². The minimum absolute atomic E-state index is 0.0934. The summed E-state index contributed by atoms with van der Waals surface area (Å²) in [6, 6.07) is 1.51. The van der Waals surface area contributed by atoms with Gasteiger partial charge in [-0.2, -0.15) is 0 Å². The molecule has 5 rings (SSSR count). The third kappa shape index (κ3) is 3.16. The highest BCUT2D eigenvalue weighted by Crippen LogP contribution is 2.65. The van der Waals surface area contributed by atoms with Gasteiger partial charge in [0.15, 0.2) is 0 Å². The van der Waals surface area contributed by atoms with Crippen molar-refractivity contribution >= 4 is 11.9 Å². The average molecular weight is 428 g/mol. The fourth-order valence-electron chi connectivity index (χ4n) is 8.40. The molecule has 5 aliphatic rings. The molecule has 0 aromatic carbocycles. The number of likely N-dealkylation sites (N-methyl/N-ethyl adjacent to an activating group) is 1. The number of amides is 3. The fourth-order valence-corrected chi connectivity index (χ4v) is 8.40. The van der Waals surface area contributed by atoms with Gasteiger partial charge in [0, 0.05) is 36.6 Å². The highest BCUT2D eigenvalue weighted by atomic mass is 16.2. The molecule has 0 aromatic heterocycles. The minimum Gasteiger partial charge on any atom is -0.338 e. The molecule has 1 aliphatic heterocycles. The summed E-state index contributed by atoms with van der Waals surface area (Å²) in [6.45, 7) is 9.04. The molecule has 4 saturated carbocycles. The summed E-state index contributed by atoms with van der Waals surface area (Å²) in [7, 11) is 1.99. The lowest BCUT2D eigenvalue weighted by molar-refractivity contribution is -0.139. The Morgan fingerprint density at radius 1 is 1.10 bits per heavy atom. The third-order valence-corrected chi connectivity index (χ3v) is 10.0. The predicted molar refractivity (Wildman–Crippen MR) is 122 cm³/mol. The lowest BCUT2D eigenvalue weighted by Crippen LogP contribution is -2.61. The van der Waals surface area contributed by atoms with Crippen molar-refractivity contribution in [3.05, 3.63) is 12.2 Å². The van der Waals surface area contributed by atoms with Gasteiger partial charge in [0.25, 0.3) is 0 Å². The zero-order valence-corrected chi connectivity index (χ0v) is 20.1. The second-order valence-electron chi connectivity index (χ2n) is 12.0. The van der Waals surface area contributed by atoms with Crippen molar-refractivity contribution in [1.82, 2.24) is 15.1 Å². The molecule has 0 saturated heterocycles. The van der Waals surface area contributed by atoms with E-state index in [0.29, 0.717) is 35.9 Å². The van der Waals surface area contributed by atoms with Crippen molar-refractivity contribution in [2.24, 2.45) is 28.6 Å². The molecule has 5 nitrogen and oxygen atoms in total. The summed E-state index contributed by atoms with van der Waals surface area (Å²) in [6.07, 6.45) is 13.6. The van der Waals surface area contributed by atoms with Crippen LogP contribution in [0, 0.1) is 28.6 Å². The van der Waals surface area contributed by atoms with Gasteiger partial charge >= 0.3 is 6.03 Å². The Morgan fingerprint density at radius 3 is 2.52 bits per heavy atom. The molecule has 5 heteroatoms. The summed E-state index contributed by atoms with van der Waals surface area (Å²) in [5.41, 5.74) is 0.317. The number of carbonyl (C=O) groups is 2. The Morgan fingerprint density at radius 2 is 1.84 bits per heavy atom. The Labute approximate surface area is 188 Å². The topological polar surface area (TPSA) is 52.7 Å². The zero-order chi connectivity index (χ0) is 22.1. The van der Waals surface area contributed by atoms with Crippen molar-refractivity contribution in [3.8, 4) is 0 Å². The summed E-state index contributed by atoms with van der Waals surface area (Å²) in [5, 5.41) is 3.20. The van der Waals surface area contributed by atoms with Crippen molar-refractivity contribution in [1.29, 1.82) is 0 Å². The number of hydrogen-bond acceptors (Lipinski definition) is 2. The number of rotatable bonds is 3. The second kappa shape index (κ2) is 7.25. The highest BCUT2D eigenvalue weighted by Gasteiger charge is 2.62. The van der Waals surface area contributed by atoms with Crippen LogP contribution < -0.4 is 5.32 Å². The Kier molecular flexibility index (Phi) is 4.99. The maximum absolute atomic E-state index is 13.2. The lowest BCUT2D eigenvalue weighted by Gasteiger charge is -2.60. The molecule has 7 atom stereocenters. The van der Waals surface area contributed by atoms with Crippen LogP contribution in [0.25, 0.3) is 0 Å². The fraction of sp³-hybridized carbons (Fsp3) is 0.846. The largest absolute Gasteiger partial charge is 0.338 e. The van der Waals surface area contributed by atoms with E-state index in [1.54, 1.807) is 0 Å². The van der Waals surface area contributed by atoms with Crippen LogP contribution in [0.5, 0.6) is 0 Å². The first kappa shape index (κ1) is 21.3. The van der Waals surface area contributed by atoms with E-state index in [1.165, 1.54) is 38.5 Å². The Balaban J connectivity index is 1.41. The van der Waals surface area contributed by atoms with Crippen LogP contribution in [0.3, 0.4) is 0 Å². The quantitative estimate of drug-likeness (QED) is 0.717. The number of nitrogens with zero attached hydrogens (tertiary/aromatic N) is 2. The van der Waals surface area contributed by atoms with Crippen LogP contribution in [-0.4, -0.2) is 53.0 Å². The van der Waals surface area contributed by atoms with Crippen LogP contribution in [0.2, 0.25) is 0 Å². The van der Waals surface area contributed by atoms with Gasteiger partial charge in [-0.1, -0.05) is 19.9 Å². The summed E-state index contributed by atoms with van der Waals surface area (Å²) in [4.78, 5) is 29.8. The number of carbonyl (C=O) groups excluding carboxylic acids is 2. The van der Waals surface area contributed by atoms with Gasteiger partial charge in [0.1, 0.15) is 0 Å². The molecule has 0 radical (unpaired) electrons. The Hall–Kier alpha value is -1.52. The van der Waals surface area contributed by atoms with E-state index in [4.69, 9.17) is 0 Å². The van der Waals surface area contributed by atoms with Gasteiger partial charge < -0.3 is 15.1 Å². The van der Waals surface area contributed by atoms with Crippen LogP contribution in [0.4, 0.5) is 4.79 Å². The lowest BCUT2D eigenvalue weighted by atomic mass is 9.48. The van der Waals surface area contributed by atoms with E-state index < -0.39 is 0 Å². The molecule has 0 bridgehead atoms. The van der Waals surface area contributed by atoms with Crippen LogP contribution in [-0.2, 0) is 4.79 Å². The van der Waals surface area contributed by atoms with Crippen LogP contribution in [0.15, 0.2) is 12.2 Å². The van der Waals surface area contributed by atoms with Crippen LogP contribution in [0.1, 0.15) is 79.1 Å². The molecule has 31 heavy (non-hydrogen) atoms. The minimum atomic E-state index is 0.0934. The van der Waals surface area contributed by atoms with E-state index in [-0.39, 0.29) is 28.8 Å². The first-order chi connectivity index (χ1) is 14.7. The first-order valence-corrected chi connectivity index (χ1v) is 12.7. The molecule has 3 amide bonds. The molecule has 1 heterocycles. The zero-order valence-electron chi connectivity index (χ0n) is 20.1. The number of urea groups is 1. The molecule has 0 aromatic rings. The molecule has 1 N–H and O–H groups in total. The maximum Gasteiger partial charge on any atom is 0.318 e. The van der Waals surface area contributed by atoms with Gasteiger partial charge in [-0.25, -0.2) is 4.79 Å². The standard InChI is InChI=1S/C26H41N3O2/c1-16(2)27-24(31)29(17-6-7-17)22-11-9-19-18-8-10-21-25(3,15-13-23(30)28(21)5)20(18)12-14-26(19,22)4/h13,15-22H,6-12,14H2,1-5H3,(H,27,31)/t18-,19-,20-,21+,22-,25+,26-/m0/s1. The molecule has 0 spiro atoms. The van der Waals surface area contributed by atoms with Gasteiger partial charge in [-0.15, -0.1) is 0 Å². The molecular weight excluding hydrogens is 386 g/mol. The molecule has 4 fully saturated rings. The van der Waals surface area contributed by atoms with Gasteiger partial charge in [0.05, 0.1) is 0 Å². The highest BCUT2D eigenvalue weighted by molar-refractivity contribution is 5.89. The third-order valence-electron chi connectivity index (χ3n) is 10.0. The summed E-state index contributed by atoms with van der Waals surface area (Å²) < 4.78 is 0. The average Bonchev–Trinajstić information content (AvgIpc) is 3.47. The van der Waals surface area contributed by atoms with Crippen molar-refractivity contribution < 1.29 is 9.59 Å². The van der Waals surface area contributed by atoms with Crippen molar-refractivity contribution in [3.63, 3.8) is 0 Å². The molecule has 0 unspecified atom stereocenters. The molecule has 4 aliphatic carbocycles. The molecular formula is C26H41N3O2. The van der Waals surface area contributed by atoms with Crippen LogP contribution >= 0.6 is 0 Å². The van der Waals surface area contributed by atoms with Crippen molar-refractivity contribution in [2.45, 2.75) is 103 Å². The van der Waals surface area contributed by atoms with E-state index in [1.807, 2.05) is 18.0 Å². The summed E-state index contributed by atoms with van der Waals surface area (Å²) >= 11 is 0. The second-order valence-corrected chi connectivity index (χ2v) is 12.0. The Bertz CT molecular complexity index is 790. The van der Waals surface area contributed by atoms with E-state index in [2.05, 4.69) is 44.0 Å². The van der Waals surface area contributed by atoms with Gasteiger partial charge in [-0.3, -0.25) is 4.79 Å². The number of fused-ring (bicyclic) bond motifs is 5. The monoisotopic (exact) mass is 427 g/mol. The number of hydrogen-bond donors (Lipinski definition) is 1. The smallest absolute Gasteiger partial charge is 0.318 e. The van der Waals surface area contributed by atoms with E-state index in [0.717, 1.165) is 12.8 Å². The van der Waals surface area contributed by atoms with E-state index >= 15 is 0 Å². The first-order valence-electron chi connectivity index (χ1n) is 12.7.